The van der Waals surface area contributed by atoms with E-state index in [4.69, 9.17) is 0 Å². The second kappa shape index (κ2) is 2.57. The fourth-order valence-electron chi connectivity index (χ4n) is 2.52. The van der Waals surface area contributed by atoms with Crippen molar-refractivity contribution < 1.29 is 4.79 Å². The number of hydrogen-bond donors (Lipinski definition) is 0. The van der Waals surface area contributed by atoms with Crippen molar-refractivity contribution in [3.8, 4) is 0 Å². The van der Waals surface area contributed by atoms with Crippen LogP contribution in [0.25, 0.3) is 0 Å². The number of ketones is 1. The van der Waals surface area contributed by atoms with Gasteiger partial charge in [-0.2, -0.15) is 0 Å². The Morgan fingerprint density at radius 3 is 2.77 bits per heavy atom. The molecule has 1 atom stereocenters. The van der Waals surface area contributed by atoms with Crippen molar-refractivity contribution in [1.82, 2.24) is 0 Å². The standard InChI is InChI=1S/C12H16O/c1-8-4-6-10-9(8)5-7-11(13)12(10,2)3/h5,7,10H,4,6H2,1-3H3. The van der Waals surface area contributed by atoms with Gasteiger partial charge in [0.25, 0.3) is 0 Å². The maximum Gasteiger partial charge on any atom is 0.161 e. The lowest BCUT2D eigenvalue weighted by Crippen LogP contribution is -2.34. The first-order chi connectivity index (χ1) is 6.03. The van der Waals surface area contributed by atoms with Crippen LogP contribution >= 0.6 is 0 Å². The summed E-state index contributed by atoms with van der Waals surface area (Å²) < 4.78 is 0. The van der Waals surface area contributed by atoms with Gasteiger partial charge in [0.15, 0.2) is 5.78 Å². The Bertz CT molecular complexity index is 318. The van der Waals surface area contributed by atoms with Gasteiger partial charge in [-0.05, 0) is 37.3 Å². The minimum absolute atomic E-state index is 0.165. The Labute approximate surface area is 79.5 Å². The molecule has 0 spiro atoms. The fraction of sp³-hybridized carbons (Fsp3) is 0.583. The molecule has 0 N–H and O–H groups in total. The molecule has 1 heteroatoms. The van der Waals surface area contributed by atoms with E-state index in [1.54, 1.807) is 6.08 Å². The largest absolute Gasteiger partial charge is 0.294 e. The molecule has 0 fully saturated rings. The summed E-state index contributed by atoms with van der Waals surface area (Å²) in [7, 11) is 0. The van der Waals surface area contributed by atoms with E-state index in [2.05, 4.69) is 20.8 Å². The molecule has 2 aliphatic carbocycles. The number of allylic oxidation sites excluding steroid dienone is 4. The molecule has 0 aliphatic heterocycles. The molecule has 2 rings (SSSR count). The normalized spacial score (nSPS) is 31.0. The van der Waals surface area contributed by atoms with Crippen LogP contribution in [0.2, 0.25) is 0 Å². The van der Waals surface area contributed by atoms with Crippen LogP contribution in [0.5, 0.6) is 0 Å². The molecule has 1 nitrogen and oxygen atoms in total. The van der Waals surface area contributed by atoms with Crippen LogP contribution in [0.15, 0.2) is 23.3 Å². The highest BCUT2D eigenvalue weighted by Gasteiger charge is 2.41. The van der Waals surface area contributed by atoms with Gasteiger partial charge < -0.3 is 0 Å². The highest BCUT2D eigenvalue weighted by Crippen LogP contribution is 2.46. The average molecular weight is 176 g/mol. The van der Waals surface area contributed by atoms with Gasteiger partial charge in [0, 0.05) is 5.41 Å². The molecule has 0 bridgehead atoms. The molecule has 0 aromatic carbocycles. The molecule has 70 valence electrons. The third-order valence-corrected chi connectivity index (χ3v) is 3.60. The van der Waals surface area contributed by atoms with Crippen molar-refractivity contribution in [2.45, 2.75) is 33.6 Å². The Morgan fingerprint density at radius 2 is 2.08 bits per heavy atom. The zero-order valence-corrected chi connectivity index (χ0v) is 8.55. The smallest absolute Gasteiger partial charge is 0.161 e. The zero-order chi connectivity index (χ0) is 9.64. The van der Waals surface area contributed by atoms with Gasteiger partial charge in [0.1, 0.15) is 0 Å². The minimum atomic E-state index is -0.165. The monoisotopic (exact) mass is 176 g/mol. The highest BCUT2D eigenvalue weighted by atomic mass is 16.1. The van der Waals surface area contributed by atoms with Gasteiger partial charge in [-0.1, -0.05) is 25.5 Å². The molecule has 0 radical (unpaired) electrons. The fourth-order valence-corrected chi connectivity index (χ4v) is 2.52. The third-order valence-electron chi connectivity index (χ3n) is 3.60. The van der Waals surface area contributed by atoms with E-state index < -0.39 is 0 Å². The number of carbonyl (C=O) groups is 1. The van der Waals surface area contributed by atoms with Crippen LogP contribution in [0, 0.1) is 11.3 Å². The van der Waals surface area contributed by atoms with Crippen LogP contribution in [0.1, 0.15) is 33.6 Å². The first kappa shape index (κ1) is 8.74. The van der Waals surface area contributed by atoms with Gasteiger partial charge in [0.05, 0.1) is 0 Å². The van der Waals surface area contributed by atoms with Crippen molar-refractivity contribution >= 4 is 5.78 Å². The molecular weight excluding hydrogens is 160 g/mol. The van der Waals surface area contributed by atoms with Crippen molar-refractivity contribution in [3.05, 3.63) is 23.3 Å². The van der Waals surface area contributed by atoms with E-state index in [0.29, 0.717) is 5.92 Å². The number of rotatable bonds is 0. The Hall–Kier alpha value is -0.850. The Morgan fingerprint density at radius 1 is 1.38 bits per heavy atom. The molecule has 13 heavy (non-hydrogen) atoms. The Kier molecular flexibility index (Phi) is 1.73. The van der Waals surface area contributed by atoms with E-state index in [0.717, 1.165) is 6.42 Å². The molecule has 0 saturated heterocycles. The number of hydrogen-bond acceptors (Lipinski definition) is 1. The predicted molar refractivity (Wildman–Crippen MR) is 53.4 cm³/mol. The molecule has 0 saturated carbocycles. The number of fused-ring (bicyclic) bond motifs is 1. The maximum atomic E-state index is 11.7. The first-order valence-electron chi connectivity index (χ1n) is 4.95. The van der Waals surface area contributed by atoms with Crippen LogP contribution < -0.4 is 0 Å². The van der Waals surface area contributed by atoms with Gasteiger partial charge in [0.2, 0.25) is 0 Å². The maximum absolute atomic E-state index is 11.7. The third kappa shape index (κ3) is 1.10. The van der Waals surface area contributed by atoms with Crippen molar-refractivity contribution in [2.75, 3.05) is 0 Å². The van der Waals surface area contributed by atoms with E-state index >= 15 is 0 Å². The molecule has 2 aliphatic rings. The summed E-state index contributed by atoms with van der Waals surface area (Å²) in [6.07, 6.45) is 6.10. The van der Waals surface area contributed by atoms with Gasteiger partial charge in [-0.25, -0.2) is 0 Å². The van der Waals surface area contributed by atoms with E-state index in [1.165, 1.54) is 17.6 Å². The lowest BCUT2D eigenvalue weighted by Gasteiger charge is -2.33. The summed E-state index contributed by atoms with van der Waals surface area (Å²) in [5.41, 5.74) is 2.73. The van der Waals surface area contributed by atoms with Gasteiger partial charge >= 0.3 is 0 Å². The SMILES string of the molecule is CC1=C2C=CC(=O)C(C)(C)C2CC1. The van der Waals surface area contributed by atoms with Gasteiger partial charge in [-0.15, -0.1) is 0 Å². The summed E-state index contributed by atoms with van der Waals surface area (Å²) in [6, 6.07) is 0. The van der Waals surface area contributed by atoms with Gasteiger partial charge in [-0.3, -0.25) is 4.79 Å². The molecule has 0 heterocycles. The lowest BCUT2D eigenvalue weighted by molar-refractivity contribution is -0.124. The van der Waals surface area contributed by atoms with E-state index in [9.17, 15) is 4.79 Å². The topological polar surface area (TPSA) is 17.1 Å². The highest BCUT2D eigenvalue weighted by molar-refractivity contribution is 5.96. The number of carbonyl (C=O) groups excluding carboxylic acids is 1. The molecule has 0 aromatic rings. The predicted octanol–water partition coefficient (Wildman–Crippen LogP) is 2.88. The lowest BCUT2D eigenvalue weighted by atomic mass is 9.69. The van der Waals surface area contributed by atoms with E-state index in [-0.39, 0.29) is 11.2 Å². The molecular formula is C12H16O. The summed E-state index contributed by atoms with van der Waals surface area (Å²) in [5.74, 6) is 0.765. The first-order valence-corrected chi connectivity index (χ1v) is 4.95. The van der Waals surface area contributed by atoms with Crippen molar-refractivity contribution in [2.24, 2.45) is 11.3 Å². The quantitative estimate of drug-likeness (QED) is 0.554. The molecule has 1 unspecified atom stereocenters. The van der Waals surface area contributed by atoms with Crippen LogP contribution in [0.3, 0.4) is 0 Å². The molecule has 0 amide bonds. The zero-order valence-electron chi connectivity index (χ0n) is 8.55. The van der Waals surface area contributed by atoms with Crippen LogP contribution in [-0.4, -0.2) is 5.78 Å². The summed E-state index contributed by atoms with van der Waals surface area (Å²) in [4.78, 5) is 11.7. The summed E-state index contributed by atoms with van der Waals surface area (Å²) in [5, 5.41) is 0. The van der Waals surface area contributed by atoms with Crippen molar-refractivity contribution in [3.63, 3.8) is 0 Å². The minimum Gasteiger partial charge on any atom is -0.294 e. The average Bonchev–Trinajstić information content (AvgIpc) is 2.42. The summed E-state index contributed by atoms with van der Waals surface area (Å²) in [6.45, 7) is 6.33. The van der Waals surface area contributed by atoms with E-state index in [1.807, 2.05) is 6.08 Å². The molecule has 0 aromatic heterocycles. The Balaban J connectivity index is 2.49. The summed E-state index contributed by atoms with van der Waals surface area (Å²) >= 11 is 0. The van der Waals surface area contributed by atoms with Crippen LogP contribution in [0.4, 0.5) is 0 Å². The second-order valence-electron chi connectivity index (χ2n) is 4.75. The van der Waals surface area contributed by atoms with Crippen molar-refractivity contribution in [1.29, 1.82) is 0 Å². The second-order valence-corrected chi connectivity index (χ2v) is 4.75. The van der Waals surface area contributed by atoms with Crippen LogP contribution in [-0.2, 0) is 4.79 Å².